The van der Waals surface area contributed by atoms with Crippen molar-refractivity contribution in [2.75, 3.05) is 92.6 Å². The third kappa shape index (κ3) is 74.5. The first-order valence-electron chi connectivity index (χ1n) is 40.9. The van der Waals surface area contributed by atoms with Crippen LogP contribution in [0.5, 0.6) is 0 Å². The van der Waals surface area contributed by atoms with Crippen LogP contribution in [0, 0.1) is 0 Å². The maximum Gasteiger partial charge on any atom is 0.221 e. The summed E-state index contributed by atoms with van der Waals surface area (Å²) < 4.78 is 0. The summed E-state index contributed by atoms with van der Waals surface area (Å²) in [7, 11) is 4.24. The van der Waals surface area contributed by atoms with Crippen LogP contribution in [0.2, 0.25) is 0 Å². The molecule has 0 aromatic rings. The molecule has 8 nitrogen and oxygen atoms in total. The molecule has 2 amide bonds. The zero-order valence-corrected chi connectivity index (χ0v) is 63.7. The molecule has 0 unspecified atom stereocenters. The predicted molar refractivity (Wildman–Crippen MR) is 421 cm³/mol. The van der Waals surface area contributed by atoms with E-state index in [-0.39, 0.29) is 11.8 Å². The molecule has 0 aromatic heterocycles. The van der Waals surface area contributed by atoms with Gasteiger partial charge in [-0.25, -0.2) is 0 Å². The monoisotopic (exact) mass is 1310 g/mol. The van der Waals surface area contributed by atoms with Crippen molar-refractivity contribution < 1.29 is 9.59 Å². The third-order valence-corrected chi connectivity index (χ3v) is 18.5. The summed E-state index contributed by atoms with van der Waals surface area (Å²) >= 11 is 0. The Hall–Kier alpha value is -3.30. The minimum Gasteiger partial charge on any atom is -0.355 e. The van der Waals surface area contributed by atoms with Crippen LogP contribution in [0.15, 0.2) is 97.2 Å². The number of hydrogen-bond acceptors (Lipinski definition) is 6. The number of carbonyl (C=O) groups is 2. The van der Waals surface area contributed by atoms with E-state index in [2.05, 4.69) is 169 Å². The Bertz CT molecular complexity index is 1570. The zero-order chi connectivity index (χ0) is 68.0. The molecule has 0 fully saturated rings. The topological polar surface area (TPSA) is 71.2 Å². The smallest absolute Gasteiger partial charge is 0.221 e. The summed E-state index contributed by atoms with van der Waals surface area (Å²) in [5.41, 5.74) is 0. The van der Waals surface area contributed by atoms with Gasteiger partial charge in [0.05, 0.1) is 0 Å². The van der Waals surface area contributed by atoms with Crippen LogP contribution in [0.25, 0.3) is 0 Å². The summed E-state index contributed by atoms with van der Waals surface area (Å²) in [6, 6.07) is 0. The Morgan fingerprint density at radius 1 is 0.234 bits per heavy atom. The molecule has 0 rings (SSSR count). The predicted octanol–water partition coefficient (Wildman–Crippen LogP) is 23.7. The molecule has 0 atom stereocenters. The number of carbonyl (C=O) groups excluding carboxylic acids is 2. The normalized spacial score (nSPS) is 12.6. The SMILES string of the molecule is CCCCC/C=C\C/C=C\CCCCCCCCN(CCCCCCCC/C=C\C/C=C\CCCCC)CCNC(=O)CCN(C)CCN(C)CCC(=O)NCCN(CCCCCCCC/C=C\C/C=C\CCCCC)CCCCCCCC/C=C\C/C=C\CCCCC. The van der Waals surface area contributed by atoms with Crippen molar-refractivity contribution >= 4 is 11.8 Å². The Morgan fingerprint density at radius 2 is 0.436 bits per heavy atom. The zero-order valence-electron chi connectivity index (χ0n) is 63.7. The van der Waals surface area contributed by atoms with Gasteiger partial charge < -0.3 is 30.2 Å². The molecule has 0 aliphatic rings. The van der Waals surface area contributed by atoms with Crippen molar-refractivity contribution in [3.05, 3.63) is 97.2 Å². The number of nitrogens with zero attached hydrogens (tertiary/aromatic N) is 4. The molecule has 0 heterocycles. The van der Waals surface area contributed by atoms with Gasteiger partial charge in [-0.2, -0.15) is 0 Å². The Labute approximate surface area is 587 Å². The number of likely N-dealkylation sites (N-methyl/N-ethyl adjacent to an activating group) is 2. The number of hydrogen-bond donors (Lipinski definition) is 2. The summed E-state index contributed by atoms with van der Waals surface area (Å²) in [4.78, 5) is 36.0. The van der Waals surface area contributed by atoms with E-state index >= 15 is 0 Å². The minimum atomic E-state index is 0.154. The van der Waals surface area contributed by atoms with Gasteiger partial charge in [0, 0.05) is 65.2 Å². The van der Waals surface area contributed by atoms with E-state index in [1.54, 1.807) is 0 Å². The highest BCUT2D eigenvalue weighted by Gasteiger charge is 2.12. The van der Waals surface area contributed by atoms with Crippen LogP contribution in [-0.2, 0) is 9.59 Å². The van der Waals surface area contributed by atoms with Crippen LogP contribution in [0.4, 0.5) is 0 Å². The Kier molecular flexibility index (Phi) is 75.9. The lowest BCUT2D eigenvalue weighted by molar-refractivity contribution is -0.122. The van der Waals surface area contributed by atoms with Gasteiger partial charge in [0.15, 0.2) is 0 Å². The molecular weight excluding hydrogens is 1150 g/mol. The first kappa shape index (κ1) is 90.7. The molecule has 0 aliphatic heterocycles. The third-order valence-electron chi connectivity index (χ3n) is 18.5. The number of rotatable bonds is 75. The molecular formula is C86H160N6O2. The minimum absolute atomic E-state index is 0.154. The van der Waals surface area contributed by atoms with Gasteiger partial charge in [-0.15, -0.1) is 0 Å². The van der Waals surface area contributed by atoms with Gasteiger partial charge in [-0.1, -0.05) is 279 Å². The summed E-state index contributed by atoms with van der Waals surface area (Å²) in [6.45, 7) is 20.2. The van der Waals surface area contributed by atoms with E-state index in [1.807, 2.05) is 0 Å². The molecule has 94 heavy (non-hydrogen) atoms. The number of amides is 2. The highest BCUT2D eigenvalue weighted by Crippen LogP contribution is 2.15. The standard InChI is InChI=1S/C86H160N6O2/c1-7-11-15-19-23-27-31-35-39-43-47-51-55-59-63-67-75-91(76-68-64-60-56-52-48-44-40-36-32-28-24-20-16-12-8-2)81-73-87-85(93)71-79-89(5)83-84-90(6)80-72-86(94)88-74-82-92(77-69-65-61-57-53-49-45-41-37-33-29-25-21-17-13-9-3)78-70-66-62-58-54-50-46-42-38-34-30-26-22-18-14-10-4/h23-30,35-42H,7-22,31-34,43-84H2,1-6H3,(H,87,93)(H,88,94)/b27-23-,28-24-,29-25-,30-26-,39-35-,40-36-,41-37-,42-38-. The van der Waals surface area contributed by atoms with E-state index in [0.29, 0.717) is 12.8 Å². The second kappa shape index (κ2) is 78.7. The van der Waals surface area contributed by atoms with Crippen LogP contribution in [0.1, 0.15) is 349 Å². The highest BCUT2D eigenvalue weighted by molar-refractivity contribution is 5.76. The number of nitrogens with one attached hydrogen (secondary N) is 2. The maximum atomic E-state index is 13.1. The van der Waals surface area contributed by atoms with Crippen molar-refractivity contribution in [1.82, 2.24) is 30.2 Å². The lowest BCUT2D eigenvalue weighted by Gasteiger charge is -2.24. The fourth-order valence-corrected chi connectivity index (χ4v) is 12.0. The first-order valence-corrected chi connectivity index (χ1v) is 40.9. The highest BCUT2D eigenvalue weighted by atomic mass is 16.2. The largest absolute Gasteiger partial charge is 0.355 e. The Balaban J connectivity index is 4.77. The molecule has 2 N–H and O–H groups in total. The van der Waals surface area contributed by atoms with Crippen LogP contribution < -0.4 is 10.6 Å². The quantitative estimate of drug-likeness (QED) is 0.0467. The molecule has 0 saturated heterocycles. The van der Waals surface area contributed by atoms with Gasteiger partial charge in [0.1, 0.15) is 0 Å². The van der Waals surface area contributed by atoms with Crippen molar-refractivity contribution in [2.45, 2.75) is 349 Å². The van der Waals surface area contributed by atoms with Crippen molar-refractivity contribution in [3.63, 3.8) is 0 Å². The second-order valence-electron chi connectivity index (χ2n) is 27.8. The van der Waals surface area contributed by atoms with Gasteiger partial charge in [0.25, 0.3) is 0 Å². The molecule has 0 spiro atoms. The molecule has 8 heteroatoms. The first-order chi connectivity index (χ1) is 46.4. The fraction of sp³-hybridized carbons (Fsp3) is 0.791. The van der Waals surface area contributed by atoms with Crippen LogP contribution >= 0.6 is 0 Å². The van der Waals surface area contributed by atoms with Gasteiger partial charge in [-0.3, -0.25) is 9.59 Å². The van der Waals surface area contributed by atoms with E-state index in [0.717, 1.165) is 104 Å². The second-order valence-corrected chi connectivity index (χ2v) is 27.8. The average Bonchev–Trinajstić information content (AvgIpc) is 3.76. The van der Waals surface area contributed by atoms with Crippen LogP contribution in [-0.4, -0.2) is 124 Å². The molecule has 0 aliphatic carbocycles. The van der Waals surface area contributed by atoms with Gasteiger partial charge >= 0.3 is 0 Å². The lowest BCUT2D eigenvalue weighted by Crippen LogP contribution is -2.38. The molecule has 546 valence electrons. The number of unbranched alkanes of at least 4 members (excludes halogenated alkanes) is 36. The Morgan fingerprint density at radius 3 is 0.660 bits per heavy atom. The van der Waals surface area contributed by atoms with E-state index in [1.165, 1.54) is 283 Å². The summed E-state index contributed by atoms with van der Waals surface area (Å²) in [5, 5.41) is 6.55. The molecule has 0 bridgehead atoms. The van der Waals surface area contributed by atoms with Crippen LogP contribution in [0.3, 0.4) is 0 Å². The van der Waals surface area contributed by atoms with Crippen molar-refractivity contribution in [1.29, 1.82) is 0 Å². The maximum absolute atomic E-state index is 13.1. The molecule has 0 saturated carbocycles. The van der Waals surface area contributed by atoms with Crippen molar-refractivity contribution in [2.24, 2.45) is 0 Å². The van der Waals surface area contributed by atoms with Crippen molar-refractivity contribution in [3.8, 4) is 0 Å². The molecule has 0 aromatic carbocycles. The average molecular weight is 1310 g/mol. The summed E-state index contributed by atoms with van der Waals surface area (Å²) in [6.07, 6.45) is 100. The van der Waals surface area contributed by atoms with E-state index in [9.17, 15) is 9.59 Å². The lowest BCUT2D eigenvalue weighted by atomic mass is 10.1. The molecule has 0 radical (unpaired) electrons. The summed E-state index contributed by atoms with van der Waals surface area (Å²) in [5.74, 6) is 0.307. The van der Waals surface area contributed by atoms with E-state index < -0.39 is 0 Å². The van der Waals surface area contributed by atoms with Gasteiger partial charge in [-0.05, 0) is 194 Å². The van der Waals surface area contributed by atoms with E-state index in [4.69, 9.17) is 0 Å². The number of allylic oxidation sites excluding steroid dienone is 16. The van der Waals surface area contributed by atoms with Gasteiger partial charge in [0.2, 0.25) is 11.8 Å². The fourth-order valence-electron chi connectivity index (χ4n) is 12.0.